The molecule has 1 aromatic carbocycles. The van der Waals surface area contributed by atoms with Crippen LogP contribution in [0.15, 0.2) is 61.1 Å². The van der Waals surface area contributed by atoms with Gasteiger partial charge in [0.1, 0.15) is 17.0 Å². The highest BCUT2D eigenvalue weighted by molar-refractivity contribution is 6.02. The number of halogens is 4. The minimum absolute atomic E-state index is 0.0535. The number of rotatable bonds is 7. The molecule has 0 saturated heterocycles. The van der Waals surface area contributed by atoms with E-state index in [0.29, 0.717) is 35.8 Å². The van der Waals surface area contributed by atoms with Crippen LogP contribution in [0, 0.1) is 5.82 Å². The zero-order valence-electron chi connectivity index (χ0n) is 19.1. The number of nitrogens with zero attached hydrogens (tertiary/aromatic N) is 2. The van der Waals surface area contributed by atoms with Gasteiger partial charge in [-0.25, -0.2) is 9.37 Å². The first-order chi connectivity index (χ1) is 17.6. The molecule has 37 heavy (non-hydrogen) atoms. The molecule has 1 aliphatic rings. The van der Waals surface area contributed by atoms with E-state index in [4.69, 9.17) is 0 Å². The number of aromatic amines is 1. The highest BCUT2D eigenvalue weighted by Gasteiger charge is 2.51. The first-order valence-electron chi connectivity index (χ1n) is 11.3. The summed E-state index contributed by atoms with van der Waals surface area (Å²) >= 11 is 0. The van der Waals surface area contributed by atoms with Crippen molar-refractivity contribution in [3.8, 4) is 0 Å². The summed E-state index contributed by atoms with van der Waals surface area (Å²) in [5, 5.41) is 8.89. The normalized spacial score (nSPS) is 14.3. The molecule has 1 saturated carbocycles. The summed E-state index contributed by atoms with van der Waals surface area (Å²) in [4.78, 5) is 36.8. The number of fused-ring (bicyclic) bond motifs is 1. The molecular weight excluding hydrogens is 492 g/mol. The van der Waals surface area contributed by atoms with E-state index in [9.17, 15) is 27.2 Å². The van der Waals surface area contributed by atoms with Crippen LogP contribution < -0.4 is 16.0 Å². The lowest BCUT2D eigenvalue weighted by Crippen LogP contribution is -2.48. The van der Waals surface area contributed by atoms with Crippen LogP contribution in [0.4, 0.5) is 28.9 Å². The Labute approximate surface area is 207 Å². The van der Waals surface area contributed by atoms with Gasteiger partial charge in [0.15, 0.2) is 0 Å². The van der Waals surface area contributed by atoms with Crippen molar-refractivity contribution >= 4 is 34.2 Å². The molecule has 8 nitrogen and oxygen atoms in total. The minimum atomic E-state index is -4.73. The summed E-state index contributed by atoms with van der Waals surface area (Å²) in [6, 6.07) is 8.86. The molecule has 3 heterocycles. The third kappa shape index (κ3) is 5.22. The van der Waals surface area contributed by atoms with Gasteiger partial charge in [0.05, 0.1) is 40.9 Å². The van der Waals surface area contributed by atoms with Crippen LogP contribution in [0.25, 0.3) is 11.0 Å². The molecule has 12 heteroatoms. The van der Waals surface area contributed by atoms with Gasteiger partial charge >= 0.3 is 6.18 Å². The lowest BCUT2D eigenvalue weighted by Gasteiger charge is -2.17. The summed E-state index contributed by atoms with van der Waals surface area (Å²) in [5.41, 5.74) is -0.751. The number of amides is 2. The second-order valence-corrected chi connectivity index (χ2v) is 8.71. The van der Waals surface area contributed by atoms with Gasteiger partial charge in [-0.05, 0) is 55.3 Å². The maximum atomic E-state index is 13.3. The summed E-state index contributed by atoms with van der Waals surface area (Å²) in [6.45, 7) is 0.0535. The zero-order chi connectivity index (χ0) is 26.2. The van der Waals surface area contributed by atoms with E-state index in [1.54, 1.807) is 18.3 Å². The van der Waals surface area contributed by atoms with Crippen molar-refractivity contribution in [3.63, 3.8) is 0 Å². The highest BCUT2D eigenvalue weighted by Crippen LogP contribution is 2.37. The predicted octanol–water partition coefficient (Wildman–Crippen LogP) is 4.44. The number of hydrogen-bond donors (Lipinski definition) is 4. The van der Waals surface area contributed by atoms with E-state index in [-0.39, 0.29) is 23.8 Å². The fraction of sp³-hybridized carbons (Fsp3) is 0.200. The van der Waals surface area contributed by atoms with E-state index in [1.807, 2.05) is 0 Å². The molecule has 5 rings (SSSR count). The van der Waals surface area contributed by atoms with E-state index < -0.39 is 29.0 Å². The van der Waals surface area contributed by atoms with Crippen molar-refractivity contribution in [2.45, 2.75) is 31.1 Å². The van der Waals surface area contributed by atoms with E-state index in [0.717, 1.165) is 17.5 Å². The second kappa shape index (κ2) is 9.19. The fourth-order valence-corrected chi connectivity index (χ4v) is 3.85. The van der Waals surface area contributed by atoms with Gasteiger partial charge in [-0.2, -0.15) is 13.2 Å². The van der Waals surface area contributed by atoms with Crippen LogP contribution in [-0.4, -0.2) is 32.3 Å². The van der Waals surface area contributed by atoms with Crippen LogP contribution in [0.2, 0.25) is 0 Å². The maximum absolute atomic E-state index is 13.3. The predicted molar refractivity (Wildman–Crippen MR) is 126 cm³/mol. The third-order valence-corrected chi connectivity index (χ3v) is 6.02. The smallest absolute Gasteiger partial charge is 0.354 e. The first-order valence-corrected chi connectivity index (χ1v) is 11.3. The molecule has 1 aliphatic carbocycles. The molecular formula is C25H20F4N6O2. The second-order valence-electron chi connectivity index (χ2n) is 8.71. The zero-order valence-corrected chi connectivity index (χ0v) is 19.1. The Hall–Kier alpha value is -4.48. The Morgan fingerprint density at radius 2 is 1.84 bits per heavy atom. The van der Waals surface area contributed by atoms with Crippen molar-refractivity contribution in [2.24, 2.45) is 0 Å². The number of pyridine rings is 2. The molecule has 3 aromatic heterocycles. The number of carbonyl (C=O) groups is 2. The number of anilines is 2. The molecule has 0 aliphatic heterocycles. The summed E-state index contributed by atoms with van der Waals surface area (Å²) in [5.74, 6) is -1.76. The Balaban J connectivity index is 1.18. The SMILES string of the molecule is O=C(NC1(C(=O)NCc2ccc(Nc3ccc(F)cc3C(F)(F)F)cn2)CC1)c1cnc2[nH]ccc2c1. The Morgan fingerprint density at radius 3 is 2.54 bits per heavy atom. The van der Waals surface area contributed by atoms with Crippen LogP contribution in [0.3, 0.4) is 0 Å². The van der Waals surface area contributed by atoms with Gasteiger partial charge in [-0.1, -0.05) is 0 Å². The van der Waals surface area contributed by atoms with Crippen molar-refractivity contribution in [1.29, 1.82) is 0 Å². The molecule has 2 amide bonds. The highest BCUT2D eigenvalue weighted by atomic mass is 19.4. The molecule has 0 bridgehead atoms. The number of nitrogens with one attached hydrogen (secondary N) is 4. The molecule has 190 valence electrons. The Kier molecular flexibility index (Phi) is 6.02. The van der Waals surface area contributed by atoms with Gasteiger partial charge < -0.3 is 20.9 Å². The number of benzene rings is 1. The van der Waals surface area contributed by atoms with Crippen molar-refractivity contribution in [1.82, 2.24) is 25.6 Å². The Morgan fingerprint density at radius 1 is 1.03 bits per heavy atom. The lowest BCUT2D eigenvalue weighted by molar-refractivity contribution is -0.137. The molecule has 0 atom stereocenters. The minimum Gasteiger partial charge on any atom is -0.354 e. The molecule has 0 unspecified atom stereocenters. The number of carbonyl (C=O) groups excluding carboxylic acids is 2. The molecule has 0 spiro atoms. The van der Waals surface area contributed by atoms with Gasteiger partial charge in [0, 0.05) is 17.8 Å². The monoisotopic (exact) mass is 512 g/mol. The average Bonchev–Trinajstić information content (AvgIpc) is 3.49. The topological polar surface area (TPSA) is 112 Å². The maximum Gasteiger partial charge on any atom is 0.418 e. The number of hydrogen-bond acceptors (Lipinski definition) is 5. The molecule has 4 aromatic rings. The van der Waals surface area contributed by atoms with Gasteiger partial charge in [0.25, 0.3) is 5.91 Å². The standard InChI is InChI=1S/C25H20F4N6O2/c26-16-1-4-20(19(10-16)25(27,28)29)34-18-3-2-17(31-13-18)12-33-23(37)24(6-7-24)35-22(36)15-9-14-5-8-30-21(14)32-11-15/h1-5,8-11,13,34H,6-7,12H2,(H,30,32)(H,33,37)(H,35,36). The van der Waals surface area contributed by atoms with Crippen LogP contribution in [-0.2, 0) is 17.5 Å². The van der Waals surface area contributed by atoms with Gasteiger partial charge in [0.2, 0.25) is 5.91 Å². The summed E-state index contributed by atoms with van der Waals surface area (Å²) in [6.07, 6.45) is 0.699. The van der Waals surface area contributed by atoms with E-state index in [1.165, 1.54) is 24.5 Å². The van der Waals surface area contributed by atoms with Crippen molar-refractivity contribution in [3.05, 3.63) is 83.7 Å². The first kappa shape index (κ1) is 24.2. The fourth-order valence-electron chi connectivity index (χ4n) is 3.85. The number of H-pyrrole nitrogens is 1. The van der Waals surface area contributed by atoms with E-state index in [2.05, 4.69) is 30.9 Å². The number of aromatic nitrogens is 3. The largest absolute Gasteiger partial charge is 0.418 e. The molecule has 0 radical (unpaired) electrons. The third-order valence-electron chi connectivity index (χ3n) is 6.02. The quantitative estimate of drug-likeness (QED) is 0.274. The number of alkyl halides is 3. The Bertz CT molecular complexity index is 1480. The van der Waals surface area contributed by atoms with Crippen LogP contribution in [0.1, 0.15) is 34.5 Å². The molecule has 4 N–H and O–H groups in total. The van der Waals surface area contributed by atoms with Crippen LogP contribution >= 0.6 is 0 Å². The summed E-state index contributed by atoms with van der Waals surface area (Å²) in [7, 11) is 0. The molecule has 1 fully saturated rings. The van der Waals surface area contributed by atoms with Crippen molar-refractivity contribution in [2.75, 3.05) is 5.32 Å². The van der Waals surface area contributed by atoms with Gasteiger partial charge in [-0.15, -0.1) is 0 Å². The van der Waals surface area contributed by atoms with Gasteiger partial charge in [-0.3, -0.25) is 14.6 Å². The lowest BCUT2D eigenvalue weighted by atomic mass is 10.1. The van der Waals surface area contributed by atoms with Crippen molar-refractivity contribution < 1.29 is 27.2 Å². The van der Waals surface area contributed by atoms with E-state index >= 15 is 0 Å². The van der Waals surface area contributed by atoms with Crippen LogP contribution in [0.5, 0.6) is 0 Å². The summed E-state index contributed by atoms with van der Waals surface area (Å²) < 4.78 is 52.9. The average molecular weight is 512 g/mol.